The molecule has 2 aliphatic heterocycles. The minimum absolute atomic E-state index is 0.0135. The van der Waals surface area contributed by atoms with E-state index in [1.54, 1.807) is 28.4 Å². The van der Waals surface area contributed by atoms with E-state index in [4.69, 9.17) is 4.74 Å². The lowest BCUT2D eigenvalue weighted by atomic mass is 9.32. The molecule has 3 saturated carbocycles. The summed E-state index contributed by atoms with van der Waals surface area (Å²) in [5, 5.41) is 3.90. The van der Waals surface area contributed by atoms with E-state index in [0.717, 1.165) is 59.7 Å². The van der Waals surface area contributed by atoms with Gasteiger partial charge in [-0.3, -0.25) is 28.7 Å². The second kappa shape index (κ2) is 14.3. The molecule has 1 atom stereocenters. The van der Waals surface area contributed by atoms with Gasteiger partial charge in [-0.1, -0.05) is 39.0 Å². The summed E-state index contributed by atoms with van der Waals surface area (Å²) in [5.41, 5.74) is 7.05. The van der Waals surface area contributed by atoms with Crippen LogP contribution in [0.4, 0.5) is 11.5 Å². The first-order chi connectivity index (χ1) is 28.5. The zero-order chi connectivity index (χ0) is 42.3. The third-order valence-electron chi connectivity index (χ3n) is 12.9. The lowest BCUT2D eigenvalue weighted by Crippen LogP contribution is -2.64. The lowest BCUT2D eigenvalue weighted by Gasteiger charge is -2.71. The zero-order valence-electron chi connectivity index (χ0n) is 35.4. The van der Waals surface area contributed by atoms with Gasteiger partial charge in [0.25, 0.3) is 11.8 Å². The Kier molecular flexibility index (Phi) is 9.40. The molecule has 2 bridgehead atoms. The van der Waals surface area contributed by atoms with Crippen molar-refractivity contribution in [3.63, 3.8) is 0 Å². The number of nitrogens with zero attached hydrogens (tertiary/aromatic N) is 6. The van der Waals surface area contributed by atoms with Gasteiger partial charge >= 0.3 is 0 Å². The molecule has 60 heavy (non-hydrogen) atoms. The Morgan fingerprint density at radius 2 is 1.80 bits per heavy atom. The number of hydrogen-bond acceptors (Lipinski definition) is 7. The number of aromatic nitrogens is 4. The molecule has 1 saturated heterocycles. The van der Waals surface area contributed by atoms with E-state index in [1.807, 2.05) is 54.0 Å². The number of aliphatic imine (C=N–C) groups is 1. The second-order valence-corrected chi connectivity index (χ2v) is 19.2. The predicted octanol–water partition coefficient (Wildman–Crippen LogP) is 8.28. The highest BCUT2D eigenvalue weighted by Gasteiger charge is 2.68. The standard InChI is InChI=1S/C48H53N7O5/c1-29-15-34-22-49-36-19-40(30(2)16-35(36)44(58)55(34)23-29)60-14-8-9-42(57)50-41-25-53(7)43(51-41)39(56)21-47-26-48(27-47,28-47)33-18-38(52(6)24-33)45(59)54-13-12-32-17-31(10-11-37(32)54)20-46(3,4)5/h10-13,16-19,22,24-25,34H,1,8-9,14-15,20-21,23,26-28H2,2-7H3,(H,50,57)/t34-,47?,48?/m0/s1. The summed E-state index contributed by atoms with van der Waals surface area (Å²) in [7, 11) is 3.70. The summed E-state index contributed by atoms with van der Waals surface area (Å²) in [6.45, 7) is 13.5. The highest BCUT2D eigenvalue weighted by molar-refractivity contribution is 6.04. The highest BCUT2D eigenvalue weighted by atomic mass is 16.5. The number of ether oxygens (including phenoxy) is 1. The largest absolute Gasteiger partial charge is 0.493 e. The number of fused-ring (bicyclic) bond motifs is 3. The third kappa shape index (κ3) is 7.09. The van der Waals surface area contributed by atoms with Crippen LogP contribution in [-0.2, 0) is 30.7 Å². The number of Topliss-reactive ketones (excluding diaryl/α,β-unsaturated/α-hetero) is 1. The van der Waals surface area contributed by atoms with Crippen molar-refractivity contribution in [2.24, 2.45) is 29.9 Å². The van der Waals surface area contributed by atoms with Gasteiger partial charge in [0.05, 0.1) is 29.4 Å². The maximum atomic E-state index is 13.8. The molecule has 5 aromatic rings. The molecular weight excluding hydrogens is 755 g/mol. The minimum atomic E-state index is -0.219. The number of hydrogen-bond donors (Lipinski definition) is 1. The van der Waals surface area contributed by atoms with E-state index in [1.165, 1.54) is 5.56 Å². The quantitative estimate of drug-likeness (QED) is 0.0767. The number of rotatable bonds is 12. The van der Waals surface area contributed by atoms with Crippen LogP contribution < -0.4 is 10.1 Å². The van der Waals surface area contributed by atoms with E-state index in [-0.39, 0.29) is 52.2 Å². The Morgan fingerprint density at radius 3 is 2.57 bits per heavy atom. The predicted molar refractivity (Wildman–Crippen MR) is 232 cm³/mol. The number of ketones is 1. The molecule has 3 aromatic heterocycles. The van der Waals surface area contributed by atoms with Crippen LogP contribution in [0.15, 0.2) is 78.2 Å². The van der Waals surface area contributed by atoms with E-state index in [9.17, 15) is 19.2 Å². The van der Waals surface area contributed by atoms with Gasteiger partial charge in [0.2, 0.25) is 5.91 Å². The minimum Gasteiger partial charge on any atom is -0.493 e. The van der Waals surface area contributed by atoms with Gasteiger partial charge in [-0.05, 0) is 109 Å². The monoisotopic (exact) mass is 807 g/mol. The third-order valence-corrected chi connectivity index (χ3v) is 12.9. The number of imidazole rings is 1. The summed E-state index contributed by atoms with van der Waals surface area (Å²) in [6.07, 6.45) is 12.9. The van der Waals surface area contributed by atoms with Crippen LogP contribution in [0.25, 0.3) is 10.9 Å². The van der Waals surface area contributed by atoms with Crippen molar-refractivity contribution in [3.8, 4) is 5.75 Å². The maximum absolute atomic E-state index is 13.8. The van der Waals surface area contributed by atoms with Gasteiger partial charge in [-0.15, -0.1) is 0 Å². The van der Waals surface area contributed by atoms with Crippen molar-refractivity contribution >= 4 is 52.1 Å². The smallest absolute Gasteiger partial charge is 0.278 e. The molecule has 5 aliphatic rings. The van der Waals surface area contributed by atoms with Gasteiger partial charge < -0.3 is 24.1 Å². The first-order valence-electron chi connectivity index (χ1n) is 21.0. The lowest BCUT2D eigenvalue weighted by molar-refractivity contribution is -0.138. The van der Waals surface area contributed by atoms with Gasteiger partial charge in [0, 0.05) is 69.7 Å². The molecule has 10 rings (SSSR count). The maximum Gasteiger partial charge on any atom is 0.278 e. The topological polar surface area (TPSA) is 133 Å². The van der Waals surface area contributed by atoms with Crippen molar-refractivity contribution in [2.45, 2.75) is 90.5 Å². The molecule has 3 aliphatic carbocycles. The Balaban J connectivity index is 0.758. The number of carbonyl (C=O) groups is 4. The molecule has 1 N–H and O–H groups in total. The summed E-state index contributed by atoms with van der Waals surface area (Å²) in [5.74, 6) is 0.939. The van der Waals surface area contributed by atoms with Crippen LogP contribution >= 0.6 is 0 Å². The van der Waals surface area contributed by atoms with E-state index < -0.39 is 0 Å². The van der Waals surface area contributed by atoms with Crippen LogP contribution in [0, 0.1) is 17.8 Å². The van der Waals surface area contributed by atoms with Crippen LogP contribution in [0.1, 0.15) is 114 Å². The Labute approximate surface area is 350 Å². The Bertz CT molecular complexity index is 2650. The molecule has 12 nitrogen and oxygen atoms in total. The van der Waals surface area contributed by atoms with Gasteiger partial charge in [-0.25, -0.2) is 4.98 Å². The van der Waals surface area contributed by atoms with Crippen molar-refractivity contribution < 1.29 is 23.9 Å². The second-order valence-electron chi connectivity index (χ2n) is 19.2. The van der Waals surface area contributed by atoms with Crippen molar-refractivity contribution in [1.82, 2.24) is 23.6 Å². The number of aryl methyl sites for hydroxylation is 3. The molecular formula is C48H53N7O5. The zero-order valence-corrected chi connectivity index (χ0v) is 35.4. The molecule has 2 amide bonds. The summed E-state index contributed by atoms with van der Waals surface area (Å²) >= 11 is 0. The van der Waals surface area contributed by atoms with Gasteiger partial charge in [0.15, 0.2) is 17.4 Å². The normalized spacial score (nSPS) is 21.6. The summed E-state index contributed by atoms with van der Waals surface area (Å²) < 4.78 is 11.4. The molecule has 2 aromatic carbocycles. The first kappa shape index (κ1) is 39.4. The van der Waals surface area contributed by atoms with Crippen LogP contribution in [0.5, 0.6) is 5.75 Å². The van der Waals surface area contributed by atoms with Crippen LogP contribution in [-0.4, -0.2) is 72.5 Å². The van der Waals surface area contributed by atoms with Crippen LogP contribution in [0.3, 0.4) is 0 Å². The molecule has 0 spiro atoms. The van der Waals surface area contributed by atoms with E-state index in [2.05, 4.69) is 67.0 Å². The van der Waals surface area contributed by atoms with Crippen LogP contribution in [0.2, 0.25) is 0 Å². The van der Waals surface area contributed by atoms with Crippen molar-refractivity contribution in [2.75, 3.05) is 18.5 Å². The Morgan fingerprint density at radius 1 is 1.02 bits per heavy atom. The van der Waals surface area contributed by atoms with Crippen molar-refractivity contribution in [3.05, 3.63) is 107 Å². The molecule has 4 fully saturated rings. The van der Waals surface area contributed by atoms with E-state index in [0.29, 0.717) is 60.3 Å². The fourth-order valence-electron chi connectivity index (χ4n) is 10.2. The molecule has 5 heterocycles. The average molecular weight is 808 g/mol. The fourth-order valence-corrected chi connectivity index (χ4v) is 10.2. The molecule has 310 valence electrons. The first-order valence-corrected chi connectivity index (χ1v) is 21.0. The van der Waals surface area contributed by atoms with Crippen molar-refractivity contribution in [1.29, 1.82) is 0 Å². The molecule has 0 radical (unpaired) electrons. The number of nitrogens with one attached hydrogen (secondary N) is 1. The fraction of sp³-hybridized carbons (Fsp3) is 0.417. The Hall–Kier alpha value is -6.04. The van der Waals surface area contributed by atoms with E-state index >= 15 is 0 Å². The number of benzene rings is 2. The number of amides is 2. The highest BCUT2D eigenvalue weighted by Crippen LogP contribution is 2.75. The molecule has 12 heteroatoms. The summed E-state index contributed by atoms with van der Waals surface area (Å²) in [6, 6.07) is 14.0. The number of anilines is 1. The molecule has 0 unspecified atom stereocenters. The van der Waals surface area contributed by atoms with Gasteiger partial charge in [0.1, 0.15) is 11.4 Å². The van der Waals surface area contributed by atoms with Gasteiger partial charge in [-0.2, -0.15) is 0 Å². The number of carbonyl (C=O) groups excluding carboxylic acids is 4. The SMILES string of the molecule is C=C1C[C@H]2C=Nc3cc(OCCCC(=O)Nc4cn(C)c(C(=O)CC56CC(c7cc(C(=O)n8ccc9cc(CC(C)(C)C)ccc98)n(C)c7)(C5)C6)n4)c(C)cc3C(=O)N2C1. The summed E-state index contributed by atoms with van der Waals surface area (Å²) in [4.78, 5) is 64.4. The average Bonchev–Trinajstić information content (AvgIpc) is 3.92.